The van der Waals surface area contributed by atoms with Crippen LogP contribution < -0.4 is 5.56 Å². The Morgan fingerprint density at radius 2 is 2.04 bits per heavy atom. The van der Waals surface area contributed by atoms with Gasteiger partial charge in [0.15, 0.2) is 10.5 Å². The zero-order valence-electron chi connectivity index (χ0n) is 13.2. The summed E-state index contributed by atoms with van der Waals surface area (Å²) in [6.07, 6.45) is 2.96. The average molecular weight is 413 g/mol. The topological polar surface area (TPSA) is 58.0 Å². The summed E-state index contributed by atoms with van der Waals surface area (Å²) in [5.74, 6) is 0.415. The maximum Gasteiger partial charge on any atom is 0.267 e. The summed E-state index contributed by atoms with van der Waals surface area (Å²) in [7, 11) is 0. The fraction of sp³-hybridized carbons (Fsp3) is 0.294. The summed E-state index contributed by atoms with van der Waals surface area (Å²) < 4.78 is 1.67. The first-order valence-corrected chi connectivity index (χ1v) is 9.83. The van der Waals surface area contributed by atoms with E-state index in [1.807, 2.05) is 0 Å². The Kier molecular flexibility index (Phi) is 4.19. The Balaban J connectivity index is 2.03. The summed E-state index contributed by atoms with van der Waals surface area (Å²) in [5.41, 5.74) is 1.38. The molecule has 4 nitrogen and oxygen atoms in total. The molecular weight excluding hydrogens is 399 g/mol. The summed E-state index contributed by atoms with van der Waals surface area (Å²) in [6.45, 7) is 2.23. The van der Waals surface area contributed by atoms with Gasteiger partial charge in [0, 0.05) is 4.88 Å². The third-order valence-electron chi connectivity index (χ3n) is 4.61. The van der Waals surface area contributed by atoms with E-state index in [1.54, 1.807) is 11.3 Å². The zero-order chi connectivity index (χ0) is 17.9. The van der Waals surface area contributed by atoms with Crippen molar-refractivity contribution in [1.29, 1.82) is 0 Å². The SMILES string of the molecule is CC1CCc2c(sc3[nH]c(=S)n(-c4cc(Cl)c(O)c(Cl)c4)c(=O)c23)C1. The molecule has 1 atom stereocenters. The molecule has 25 heavy (non-hydrogen) atoms. The molecule has 2 aromatic heterocycles. The van der Waals surface area contributed by atoms with Crippen molar-refractivity contribution < 1.29 is 5.11 Å². The fourth-order valence-corrected chi connectivity index (χ4v) is 5.57. The molecule has 0 spiro atoms. The molecule has 2 N–H and O–H groups in total. The van der Waals surface area contributed by atoms with E-state index in [4.69, 9.17) is 35.4 Å². The van der Waals surface area contributed by atoms with Gasteiger partial charge in [-0.3, -0.25) is 9.36 Å². The van der Waals surface area contributed by atoms with Crippen LogP contribution in [-0.4, -0.2) is 14.7 Å². The largest absolute Gasteiger partial charge is 0.505 e. The molecule has 0 saturated heterocycles. The molecule has 0 amide bonds. The van der Waals surface area contributed by atoms with Gasteiger partial charge in [0.1, 0.15) is 4.83 Å². The van der Waals surface area contributed by atoms with Crippen molar-refractivity contribution >= 4 is 57.0 Å². The number of nitrogens with zero attached hydrogens (tertiary/aromatic N) is 1. The van der Waals surface area contributed by atoms with Crippen LogP contribution >= 0.6 is 46.8 Å². The van der Waals surface area contributed by atoms with Crippen molar-refractivity contribution in [3.8, 4) is 11.4 Å². The predicted molar refractivity (Wildman–Crippen MR) is 105 cm³/mol. The van der Waals surface area contributed by atoms with Gasteiger partial charge in [-0.05, 0) is 55.1 Å². The third-order valence-corrected chi connectivity index (χ3v) is 6.64. The van der Waals surface area contributed by atoms with Gasteiger partial charge < -0.3 is 10.1 Å². The Bertz CT molecular complexity index is 1110. The molecule has 2 heterocycles. The maximum absolute atomic E-state index is 13.2. The van der Waals surface area contributed by atoms with Crippen molar-refractivity contribution in [2.45, 2.75) is 26.2 Å². The van der Waals surface area contributed by atoms with Crippen LogP contribution in [0.4, 0.5) is 0 Å². The van der Waals surface area contributed by atoms with E-state index in [2.05, 4.69) is 11.9 Å². The van der Waals surface area contributed by atoms with Crippen LogP contribution in [0.2, 0.25) is 10.0 Å². The van der Waals surface area contributed by atoms with Crippen LogP contribution in [0.3, 0.4) is 0 Å². The highest BCUT2D eigenvalue weighted by Crippen LogP contribution is 2.37. The van der Waals surface area contributed by atoms with E-state index in [-0.39, 0.29) is 26.1 Å². The quantitative estimate of drug-likeness (QED) is 0.536. The number of fused-ring (bicyclic) bond motifs is 3. The molecule has 0 bridgehead atoms. The van der Waals surface area contributed by atoms with E-state index >= 15 is 0 Å². The Morgan fingerprint density at radius 3 is 2.72 bits per heavy atom. The van der Waals surface area contributed by atoms with Crippen molar-refractivity contribution in [3.63, 3.8) is 0 Å². The summed E-state index contributed by atoms with van der Waals surface area (Å²) >= 11 is 19.0. The van der Waals surface area contributed by atoms with E-state index in [1.165, 1.54) is 21.6 Å². The number of aromatic hydroxyl groups is 1. The second-order valence-corrected chi connectivity index (χ2v) is 8.69. The second-order valence-electron chi connectivity index (χ2n) is 6.38. The summed E-state index contributed by atoms with van der Waals surface area (Å²) in [6, 6.07) is 2.97. The Morgan fingerprint density at radius 1 is 1.36 bits per heavy atom. The predicted octanol–water partition coefficient (Wildman–Crippen LogP) is 5.25. The maximum atomic E-state index is 13.2. The number of H-pyrrole nitrogens is 1. The number of rotatable bonds is 1. The lowest BCUT2D eigenvalue weighted by molar-refractivity contribution is 0.475. The standard InChI is InChI=1S/C17H14Cl2N2O2S2/c1-7-2-3-9-12(4-7)25-15-13(9)16(23)21(17(24)20-15)8-5-10(18)14(22)11(19)6-8/h5-7,22H,2-4H2,1H3,(H,20,24). The first kappa shape index (κ1) is 17.1. The third kappa shape index (κ3) is 2.72. The molecule has 0 radical (unpaired) electrons. The number of phenolic OH excluding ortho intramolecular Hbond substituents is 1. The van der Waals surface area contributed by atoms with Crippen LogP contribution in [0.1, 0.15) is 23.8 Å². The van der Waals surface area contributed by atoms with Gasteiger partial charge >= 0.3 is 0 Å². The molecular formula is C17H14Cl2N2O2S2. The number of phenols is 1. The number of thiophene rings is 1. The molecule has 4 rings (SSSR count). The second kappa shape index (κ2) is 6.13. The van der Waals surface area contributed by atoms with E-state index in [9.17, 15) is 9.90 Å². The molecule has 1 aromatic carbocycles. The summed E-state index contributed by atoms with van der Waals surface area (Å²) in [5, 5.41) is 10.6. The molecule has 1 aliphatic rings. The highest BCUT2D eigenvalue weighted by Gasteiger charge is 2.23. The molecule has 130 valence electrons. The highest BCUT2D eigenvalue weighted by atomic mass is 35.5. The van der Waals surface area contributed by atoms with Gasteiger partial charge in [0.2, 0.25) is 0 Å². The van der Waals surface area contributed by atoms with Crippen molar-refractivity contribution in [2.75, 3.05) is 0 Å². The highest BCUT2D eigenvalue weighted by molar-refractivity contribution is 7.71. The van der Waals surface area contributed by atoms with Gasteiger partial charge in [-0.2, -0.15) is 0 Å². The number of aromatic amines is 1. The number of nitrogens with one attached hydrogen (secondary N) is 1. The first-order chi connectivity index (χ1) is 11.9. The van der Waals surface area contributed by atoms with Crippen LogP contribution in [0.5, 0.6) is 5.75 Å². The Labute approximate surface area is 162 Å². The number of aryl methyl sites for hydroxylation is 1. The normalized spacial score (nSPS) is 17.0. The van der Waals surface area contributed by atoms with Gasteiger partial charge in [-0.15, -0.1) is 11.3 Å². The molecule has 8 heteroatoms. The molecule has 0 aliphatic heterocycles. The number of benzene rings is 1. The van der Waals surface area contributed by atoms with Gasteiger partial charge in [-0.25, -0.2) is 0 Å². The van der Waals surface area contributed by atoms with Crippen molar-refractivity contribution in [2.24, 2.45) is 5.92 Å². The molecule has 1 aliphatic carbocycles. The lowest BCUT2D eigenvalue weighted by Gasteiger charge is -2.17. The lowest BCUT2D eigenvalue weighted by atomic mass is 9.89. The van der Waals surface area contributed by atoms with E-state index in [0.29, 0.717) is 17.0 Å². The first-order valence-electron chi connectivity index (χ1n) is 7.84. The smallest absolute Gasteiger partial charge is 0.267 e. The van der Waals surface area contributed by atoms with Crippen molar-refractivity contribution in [3.05, 3.63) is 47.7 Å². The van der Waals surface area contributed by atoms with Crippen LogP contribution in [0.15, 0.2) is 16.9 Å². The number of hydrogen-bond donors (Lipinski definition) is 2. The van der Waals surface area contributed by atoms with Crippen LogP contribution in [0.25, 0.3) is 15.9 Å². The minimum absolute atomic E-state index is 0.0741. The summed E-state index contributed by atoms with van der Waals surface area (Å²) in [4.78, 5) is 18.5. The van der Waals surface area contributed by atoms with Crippen LogP contribution in [0, 0.1) is 10.7 Å². The molecule has 0 saturated carbocycles. The van der Waals surface area contributed by atoms with Crippen LogP contribution in [-0.2, 0) is 12.8 Å². The Hall–Kier alpha value is -1.34. The van der Waals surface area contributed by atoms with E-state index < -0.39 is 0 Å². The molecule has 0 fully saturated rings. The number of aromatic nitrogens is 2. The monoisotopic (exact) mass is 412 g/mol. The fourth-order valence-electron chi connectivity index (χ4n) is 3.34. The number of hydrogen-bond acceptors (Lipinski definition) is 4. The van der Waals surface area contributed by atoms with Gasteiger partial charge in [-0.1, -0.05) is 30.1 Å². The lowest BCUT2D eigenvalue weighted by Crippen LogP contribution is -2.21. The molecule has 3 aromatic rings. The minimum Gasteiger partial charge on any atom is -0.505 e. The minimum atomic E-state index is -0.210. The van der Waals surface area contributed by atoms with Gasteiger partial charge in [0.05, 0.1) is 21.1 Å². The van der Waals surface area contributed by atoms with E-state index in [0.717, 1.165) is 29.7 Å². The average Bonchev–Trinajstić information content (AvgIpc) is 2.89. The number of halogens is 2. The molecule has 1 unspecified atom stereocenters. The van der Waals surface area contributed by atoms with Crippen molar-refractivity contribution in [1.82, 2.24) is 9.55 Å². The zero-order valence-corrected chi connectivity index (χ0v) is 16.4. The van der Waals surface area contributed by atoms with Gasteiger partial charge in [0.25, 0.3) is 5.56 Å².